The summed E-state index contributed by atoms with van der Waals surface area (Å²) in [5, 5.41) is 11.5. The predicted molar refractivity (Wildman–Crippen MR) is 95.7 cm³/mol. The Morgan fingerprint density at radius 3 is 2.36 bits per heavy atom. The fourth-order valence-electron chi connectivity index (χ4n) is 5.64. The summed E-state index contributed by atoms with van der Waals surface area (Å²) in [6, 6.07) is 10.4. The Labute approximate surface area is 150 Å². The molecule has 0 spiro atoms. The Kier molecular flexibility index (Phi) is 4.16. The third-order valence-corrected chi connectivity index (χ3v) is 7.25. The van der Waals surface area contributed by atoms with Crippen molar-refractivity contribution in [2.75, 3.05) is 14.1 Å². The molecule has 25 heavy (non-hydrogen) atoms. The van der Waals surface area contributed by atoms with Gasteiger partial charge in [0.2, 0.25) is 0 Å². The highest BCUT2D eigenvalue weighted by Crippen LogP contribution is 2.46. The fraction of sp³-hybridized carbons (Fsp3) is 0.667. The number of esters is 1. The molecule has 4 atom stereocenters. The van der Waals surface area contributed by atoms with Crippen molar-refractivity contribution in [3.05, 3.63) is 35.9 Å². The van der Waals surface area contributed by atoms with Gasteiger partial charge < -0.3 is 14.3 Å². The molecule has 1 saturated carbocycles. The van der Waals surface area contributed by atoms with E-state index in [1.807, 2.05) is 30.3 Å². The lowest BCUT2D eigenvalue weighted by Gasteiger charge is -2.35. The van der Waals surface area contributed by atoms with Gasteiger partial charge in [-0.05, 0) is 18.4 Å². The van der Waals surface area contributed by atoms with E-state index in [2.05, 4.69) is 14.1 Å². The number of hydrogen-bond donors (Lipinski definition) is 1. The monoisotopic (exact) mass is 344 g/mol. The number of aliphatic hydroxyl groups is 1. The van der Waals surface area contributed by atoms with E-state index in [1.54, 1.807) is 0 Å². The number of quaternary nitrogens is 1. The van der Waals surface area contributed by atoms with Crippen molar-refractivity contribution in [2.24, 2.45) is 5.92 Å². The largest absolute Gasteiger partial charge is 0.453 e. The first-order valence-corrected chi connectivity index (χ1v) is 9.76. The van der Waals surface area contributed by atoms with Gasteiger partial charge in [-0.2, -0.15) is 0 Å². The average Bonchev–Trinajstić information content (AvgIpc) is 3.30. The summed E-state index contributed by atoms with van der Waals surface area (Å²) in [5.41, 5.74) is -0.819. The number of ether oxygens (including phenoxy) is 1. The highest BCUT2D eigenvalue weighted by molar-refractivity contribution is 5.82. The highest BCUT2D eigenvalue weighted by atomic mass is 16.6. The zero-order valence-corrected chi connectivity index (χ0v) is 15.4. The summed E-state index contributed by atoms with van der Waals surface area (Å²) in [4.78, 5) is 13.2. The molecule has 4 heteroatoms. The summed E-state index contributed by atoms with van der Waals surface area (Å²) in [6.45, 7) is 0. The van der Waals surface area contributed by atoms with Crippen molar-refractivity contribution in [3.63, 3.8) is 0 Å². The van der Waals surface area contributed by atoms with Gasteiger partial charge in [-0.25, -0.2) is 4.79 Å². The van der Waals surface area contributed by atoms with Crippen LogP contribution in [-0.2, 0) is 15.1 Å². The molecule has 2 heterocycles. The Hall–Kier alpha value is -1.39. The van der Waals surface area contributed by atoms with Crippen LogP contribution in [0.1, 0.15) is 50.5 Å². The minimum absolute atomic E-state index is 0.0384. The molecule has 1 aromatic rings. The lowest BCUT2D eigenvalue weighted by molar-refractivity contribution is -0.913. The molecule has 4 nitrogen and oxygen atoms in total. The number of carbonyl (C=O) groups excluding carboxylic acids is 1. The Morgan fingerprint density at radius 1 is 1.12 bits per heavy atom. The molecule has 1 aliphatic carbocycles. The number of hydrogen-bond acceptors (Lipinski definition) is 3. The van der Waals surface area contributed by atoms with Crippen LogP contribution in [0, 0.1) is 5.92 Å². The van der Waals surface area contributed by atoms with E-state index in [0.717, 1.165) is 43.0 Å². The van der Waals surface area contributed by atoms with E-state index in [9.17, 15) is 9.90 Å². The molecular formula is C21H30NO3+. The van der Waals surface area contributed by atoms with Gasteiger partial charge in [0.1, 0.15) is 6.04 Å². The number of carbonyl (C=O) groups is 1. The normalized spacial score (nSPS) is 33.3. The number of fused-ring (bicyclic) bond motifs is 2. The SMILES string of the molecule is C[N+]1(C)C2CCC1[C@H](OC(=O)C(O)(c1ccccc1)C1CCCC1)C2. The summed E-state index contributed by atoms with van der Waals surface area (Å²) in [7, 11) is 4.49. The molecular weight excluding hydrogens is 314 g/mol. The van der Waals surface area contributed by atoms with Gasteiger partial charge >= 0.3 is 5.97 Å². The molecule has 3 fully saturated rings. The van der Waals surface area contributed by atoms with Crippen LogP contribution in [0.2, 0.25) is 0 Å². The van der Waals surface area contributed by atoms with Crippen molar-refractivity contribution in [3.8, 4) is 0 Å². The van der Waals surface area contributed by atoms with Crippen molar-refractivity contribution in [1.82, 2.24) is 0 Å². The Bertz CT molecular complexity index is 638. The van der Waals surface area contributed by atoms with Crippen molar-refractivity contribution in [1.29, 1.82) is 0 Å². The third kappa shape index (κ3) is 2.61. The lowest BCUT2D eigenvalue weighted by atomic mass is 9.80. The zero-order valence-electron chi connectivity index (χ0n) is 15.4. The number of benzene rings is 1. The number of nitrogens with zero attached hydrogens (tertiary/aromatic N) is 1. The standard InChI is InChI=1S/C21H30NO3/c1-22(2)17-12-13-18(22)19(14-17)25-20(23)21(24,16-10-6-7-11-16)15-8-4-3-5-9-15/h3-5,8-9,16-19,24H,6-7,10-14H2,1-2H3/q+1/t17?,18?,19-,21?/m1/s1. The molecule has 0 aromatic heterocycles. The van der Waals surface area contributed by atoms with Gasteiger partial charge in [0.05, 0.1) is 20.1 Å². The second kappa shape index (κ2) is 6.10. The predicted octanol–water partition coefficient (Wildman–Crippen LogP) is 2.99. The molecule has 1 aromatic carbocycles. The second-order valence-corrected chi connectivity index (χ2v) is 8.72. The van der Waals surface area contributed by atoms with Crippen LogP contribution in [0.3, 0.4) is 0 Å². The molecule has 3 unspecified atom stereocenters. The van der Waals surface area contributed by atoms with E-state index in [1.165, 1.54) is 6.42 Å². The van der Waals surface area contributed by atoms with Gasteiger partial charge in [0.15, 0.2) is 11.7 Å². The van der Waals surface area contributed by atoms with Crippen molar-refractivity contribution < 1.29 is 19.1 Å². The maximum atomic E-state index is 13.2. The quantitative estimate of drug-likeness (QED) is 0.675. The van der Waals surface area contributed by atoms with Gasteiger partial charge in [-0.15, -0.1) is 0 Å². The Balaban J connectivity index is 1.59. The first-order chi connectivity index (χ1) is 11.9. The van der Waals surface area contributed by atoms with Gasteiger partial charge in [-0.3, -0.25) is 0 Å². The first-order valence-electron chi connectivity index (χ1n) is 9.76. The van der Waals surface area contributed by atoms with Crippen molar-refractivity contribution in [2.45, 2.75) is 68.7 Å². The Morgan fingerprint density at radius 2 is 1.80 bits per heavy atom. The minimum atomic E-state index is -1.50. The molecule has 3 aliphatic rings. The second-order valence-electron chi connectivity index (χ2n) is 8.72. The molecule has 0 amide bonds. The zero-order chi connectivity index (χ0) is 17.7. The smallest absolute Gasteiger partial charge is 0.343 e. The molecule has 2 saturated heterocycles. The topological polar surface area (TPSA) is 46.5 Å². The van der Waals surface area contributed by atoms with Gasteiger partial charge in [0.25, 0.3) is 0 Å². The van der Waals surface area contributed by atoms with Gasteiger partial charge in [-0.1, -0.05) is 43.2 Å². The first kappa shape index (κ1) is 17.0. The summed E-state index contributed by atoms with van der Waals surface area (Å²) >= 11 is 0. The number of rotatable bonds is 4. The van der Waals surface area contributed by atoms with Crippen LogP contribution in [0.15, 0.2) is 30.3 Å². The number of likely N-dealkylation sites (N-methyl/N-ethyl adjacent to an activating group) is 1. The molecule has 1 N–H and O–H groups in total. The summed E-state index contributed by atoms with van der Waals surface area (Å²) in [6.07, 6.45) is 7.13. The van der Waals surface area contributed by atoms with Gasteiger partial charge in [0, 0.05) is 25.2 Å². The maximum Gasteiger partial charge on any atom is 0.343 e. The van der Waals surface area contributed by atoms with Crippen molar-refractivity contribution >= 4 is 5.97 Å². The van der Waals surface area contributed by atoms with Crippen LogP contribution in [0.5, 0.6) is 0 Å². The average molecular weight is 344 g/mol. The summed E-state index contributed by atoms with van der Waals surface area (Å²) < 4.78 is 6.96. The van der Waals surface area contributed by atoms with Crippen LogP contribution in [-0.4, -0.2) is 47.8 Å². The van der Waals surface area contributed by atoms with Crippen LogP contribution in [0.4, 0.5) is 0 Å². The summed E-state index contributed by atoms with van der Waals surface area (Å²) in [5.74, 6) is -0.466. The molecule has 0 radical (unpaired) electrons. The maximum absolute atomic E-state index is 13.2. The lowest BCUT2D eigenvalue weighted by Crippen LogP contribution is -2.49. The van der Waals surface area contributed by atoms with Crippen LogP contribution < -0.4 is 0 Å². The minimum Gasteiger partial charge on any atom is -0.453 e. The van der Waals surface area contributed by atoms with Crippen LogP contribution >= 0.6 is 0 Å². The van der Waals surface area contributed by atoms with E-state index in [-0.39, 0.29) is 12.0 Å². The van der Waals surface area contributed by atoms with Crippen LogP contribution in [0.25, 0.3) is 0 Å². The molecule has 2 bridgehead atoms. The molecule has 4 rings (SSSR count). The molecule has 2 aliphatic heterocycles. The van der Waals surface area contributed by atoms with E-state index < -0.39 is 11.6 Å². The van der Waals surface area contributed by atoms with E-state index >= 15 is 0 Å². The van der Waals surface area contributed by atoms with E-state index in [0.29, 0.717) is 17.6 Å². The third-order valence-electron chi connectivity index (χ3n) is 7.25. The van der Waals surface area contributed by atoms with E-state index in [4.69, 9.17) is 4.74 Å². The highest BCUT2D eigenvalue weighted by Gasteiger charge is 2.58. The fourth-order valence-corrected chi connectivity index (χ4v) is 5.64. The molecule has 136 valence electrons.